The first-order valence-corrected chi connectivity index (χ1v) is 7.52. The lowest BCUT2D eigenvalue weighted by Crippen LogP contribution is -1.99. The van der Waals surface area contributed by atoms with Crippen LogP contribution >= 0.6 is 0 Å². The zero-order valence-corrected chi connectivity index (χ0v) is 11.4. The molecule has 0 spiro atoms. The molecule has 2 nitrogen and oxygen atoms in total. The summed E-state index contributed by atoms with van der Waals surface area (Å²) in [4.78, 5) is 4.49. The van der Waals surface area contributed by atoms with Crippen LogP contribution < -0.4 is 0 Å². The summed E-state index contributed by atoms with van der Waals surface area (Å²) < 4.78 is 25.8. The smallest absolute Gasteiger partial charge is 0.139 e. The summed E-state index contributed by atoms with van der Waals surface area (Å²) in [6.45, 7) is 0. The van der Waals surface area contributed by atoms with E-state index in [0.717, 1.165) is 16.5 Å². The summed E-state index contributed by atoms with van der Waals surface area (Å²) in [6.07, 6.45) is 1.74. The monoisotopic (exact) mass is 285 g/mol. The Balaban J connectivity index is 1.89. The van der Waals surface area contributed by atoms with Crippen molar-refractivity contribution in [2.24, 2.45) is 0 Å². The van der Waals surface area contributed by atoms with Crippen LogP contribution in [0.15, 0.2) is 65.7 Å². The van der Waals surface area contributed by atoms with Gasteiger partial charge in [0.15, 0.2) is 0 Å². The number of fused-ring (bicyclic) bond motifs is 1. The van der Waals surface area contributed by atoms with Crippen LogP contribution in [0.2, 0.25) is 0 Å². The first kappa shape index (κ1) is 12.9. The number of benzene rings is 2. The Kier molecular flexibility index (Phi) is 3.56. The molecule has 1 aromatic heterocycles. The van der Waals surface area contributed by atoms with E-state index in [-0.39, 0.29) is 4.90 Å². The molecule has 3 aromatic rings. The van der Waals surface area contributed by atoms with Crippen molar-refractivity contribution in [3.63, 3.8) is 0 Å². The van der Waals surface area contributed by atoms with Gasteiger partial charge in [-0.25, -0.2) is 4.39 Å². The average molecular weight is 285 g/mol. The van der Waals surface area contributed by atoms with Crippen LogP contribution in [-0.4, -0.2) is 9.19 Å². The van der Waals surface area contributed by atoms with E-state index in [4.69, 9.17) is 0 Å². The maximum atomic E-state index is 13.6. The molecule has 1 unspecified atom stereocenters. The highest BCUT2D eigenvalue weighted by atomic mass is 32.2. The molecule has 20 heavy (non-hydrogen) atoms. The minimum Gasteiger partial charge on any atom is -0.256 e. The largest absolute Gasteiger partial charge is 0.256 e. The van der Waals surface area contributed by atoms with Crippen molar-refractivity contribution in [2.75, 3.05) is 0 Å². The summed E-state index contributed by atoms with van der Waals surface area (Å²) in [7, 11) is -1.38. The molecular formula is C16H12FNOS. The van der Waals surface area contributed by atoms with Gasteiger partial charge in [-0.05, 0) is 35.9 Å². The maximum absolute atomic E-state index is 13.6. The summed E-state index contributed by atoms with van der Waals surface area (Å²) in [5.74, 6) is -0.125. The van der Waals surface area contributed by atoms with Crippen LogP contribution in [0, 0.1) is 5.82 Å². The summed E-state index contributed by atoms with van der Waals surface area (Å²) in [5.41, 5.74) is 1.81. The minimum absolute atomic E-state index is 0.249. The topological polar surface area (TPSA) is 30.0 Å². The van der Waals surface area contributed by atoms with Gasteiger partial charge in [-0.3, -0.25) is 9.19 Å². The summed E-state index contributed by atoms with van der Waals surface area (Å²) in [6, 6.07) is 15.7. The van der Waals surface area contributed by atoms with Gasteiger partial charge in [-0.2, -0.15) is 0 Å². The molecule has 0 saturated carbocycles. The number of hydrogen-bond acceptors (Lipinski definition) is 2. The molecular weight excluding hydrogens is 273 g/mol. The lowest BCUT2D eigenvalue weighted by molar-refractivity contribution is 0.595. The molecule has 3 rings (SSSR count). The Hall–Kier alpha value is -2.07. The third-order valence-electron chi connectivity index (χ3n) is 3.05. The van der Waals surface area contributed by atoms with Crippen LogP contribution in [-0.2, 0) is 16.6 Å². The van der Waals surface area contributed by atoms with E-state index in [9.17, 15) is 8.60 Å². The van der Waals surface area contributed by atoms with Crippen molar-refractivity contribution < 1.29 is 8.60 Å². The summed E-state index contributed by atoms with van der Waals surface area (Å²) in [5, 5.41) is 0.996. The molecule has 0 radical (unpaired) electrons. The average Bonchev–Trinajstić information content (AvgIpc) is 2.47. The van der Waals surface area contributed by atoms with E-state index in [1.54, 1.807) is 24.4 Å². The van der Waals surface area contributed by atoms with Crippen LogP contribution in [0.25, 0.3) is 10.9 Å². The van der Waals surface area contributed by atoms with Crippen LogP contribution in [0.3, 0.4) is 0 Å². The number of hydrogen-bond donors (Lipinski definition) is 0. The normalized spacial score (nSPS) is 12.4. The lowest BCUT2D eigenvalue weighted by atomic mass is 10.1. The van der Waals surface area contributed by atoms with Crippen molar-refractivity contribution in [1.29, 1.82) is 0 Å². The van der Waals surface area contributed by atoms with Crippen molar-refractivity contribution in [3.05, 3.63) is 72.2 Å². The van der Waals surface area contributed by atoms with Gasteiger partial charge in [0.05, 0.1) is 27.0 Å². The second kappa shape index (κ2) is 5.51. The highest BCUT2D eigenvalue weighted by Gasteiger charge is 2.10. The molecule has 0 N–H and O–H groups in total. The molecule has 0 bridgehead atoms. The van der Waals surface area contributed by atoms with Gasteiger partial charge in [0, 0.05) is 11.6 Å². The fourth-order valence-electron chi connectivity index (χ4n) is 2.07. The number of aromatic nitrogens is 1. The zero-order valence-electron chi connectivity index (χ0n) is 10.6. The third-order valence-corrected chi connectivity index (χ3v) is 4.46. The van der Waals surface area contributed by atoms with Gasteiger partial charge in [-0.15, -0.1) is 0 Å². The van der Waals surface area contributed by atoms with E-state index >= 15 is 0 Å². The highest BCUT2D eigenvalue weighted by Crippen LogP contribution is 2.18. The predicted molar refractivity (Wildman–Crippen MR) is 78.3 cm³/mol. The molecule has 0 aliphatic carbocycles. The Bertz CT molecular complexity index is 788. The molecule has 0 aliphatic rings. The van der Waals surface area contributed by atoms with Crippen LogP contribution in [0.4, 0.5) is 4.39 Å². The fraction of sp³-hybridized carbons (Fsp3) is 0.0625. The van der Waals surface area contributed by atoms with Gasteiger partial charge in [0.25, 0.3) is 0 Å². The molecule has 0 amide bonds. The van der Waals surface area contributed by atoms with E-state index < -0.39 is 16.6 Å². The zero-order chi connectivity index (χ0) is 13.9. The van der Waals surface area contributed by atoms with Crippen molar-refractivity contribution in [2.45, 2.75) is 10.6 Å². The first-order valence-electron chi connectivity index (χ1n) is 6.20. The Morgan fingerprint density at radius 2 is 1.90 bits per heavy atom. The number of rotatable bonds is 3. The van der Waals surface area contributed by atoms with Crippen LogP contribution in [0.1, 0.15) is 5.56 Å². The first-order chi connectivity index (χ1) is 9.74. The van der Waals surface area contributed by atoms with Gasteiger partial charge < -0.3 is 0 Å². The fourth-order valence-corrected chi connectivity index (χ4v) is 3.23. The van der Waals surface area contributed by atoms with E-state index in [1.807, 2.05) is 30.3 Å². The van der Waals surface area contributed by atoms with Gasteiger partial charge in [0.2, 0.25) is 0 Å². The Labute approximate surface area is 118 Å². The molecule has 1 atom stereocenters. The Morgan fingerprint density at radius 1 is 1.05 bits per heavy atom. The van der Waals surface area contributed by atoms with E-state index in [2.05, 4.69) is 4.98 Å². The molecule has 0 aliphatic heterocycles. The number of nitrogens with zero attached hydrogens (tertiary/aromatic N) is 1. The molecule has 4 heteroatoms. The molecule has 100 valence electrons. The molecule has 2 aromatic carbocycles. The molecule has 1 heterocycles. The molecule has 0 saturated heterocycles. The van der Waals surface area contributed by atoms with Crippen LogP contribution in [0.5, 0.6) is 0 Å². The minimum atomic E-state index is -1.38. The quantitative estimate of drug-likeness (QED) is 0.734. The SMILES string of the molecule is O=S(Cc1ccc2ncccc2c1)c1ccccc1F. The predicted octanol–water partition coefficient (Wildman–Crippen LogP) is 3.68. The summed E-state index contributed by atoms with van der Waals surface area (Å²) >= 11 is 0. The lowest BCUT2D eigenvalue weighted by Gasteiger charge is -2.05. The second-order valence-electron chi connectivity index (χ2n) is 4.45. The Morgan fingerprint density at radius 3 is 2.75 bits per heavy atom. The molecule has 0 fully saturated rings. The van der Waals surface area contributed by atoms with Crippen molar-refractivity contribution in [3.8, 4) is 0 Å². The second-order valence-corrected chi connectivity index (χ2v) is 5.87. The standard InChI is InChI=1S/C16H12FNOS/c17-14-5-1-2-6-16(14)20(19)11-12-7-8-15-13(10-12)4-3-9-18-15/h1-10H,11H2. The number of halogens is 1. The van der Waals surface area contributed by atoms with E-state index in [1.165, 1.54) is 6.07 Å². The van der Waals surface area contributed by atoms with E-state index in [0.29, 0.717) is 5.75 Å². The van der Waals surface area contributed by atoms with Gasteiger partial charge in [0.1, 0.15) is 5.82 Å². The van der Waals surface area contributed by atoms with Gasteiger partial charge >= 0.3 is 0 Å². The van der Waals surface area contributed by atoms with Crippen molar-refractivity contribution in [1.82, 2.24) is 4.98 Å². The third kappa shape index (κ3) is 2.60. The number of pyridine rings is 1. The highest BCUT2D eigenvalue weighted by molar-refractivity contribution is 7.84. The van der Waals surface area contributed by atoms with Gasteiger partial charge in [-0.1, -0.05) is 24.3 Å². The maximum Gasteiger partial charge on any atom is 0.139 e. The van der Waals surface area contributed by atoms with Crippen molar-refractivity contribution >= 4 is 21.7 Å².